The highest BCUT2D eigenvalue weighted by molar-refractivity contribution is 7.99. The molecule has 4 saturated carbocycles. The van der Waals surface area contributed by atoms with Crippen LogP contribution in [0.3, 0.4) is 0 Å². The van der Waals surface area contributed by atoms with E-state index in [1.54, 1.807) is 16.7 Å². The molecule has 6 rings (SSSR count). The van der Waals surface area contributed by atoms with Gasteiger partial charge in [-0.1, -0.05) is 23.9 Å². The Morgan fingerprint density at radius 2 is 1.83 bits per heavy atom. The summed E-state index contributed by atoms with van der Waals surface area (Å²) in [6, 6.07) is 6.81. The zero-order chi connectivity index (χ0) is 24.4. The molecular weight excluding hydrogens is 464 g/mol. The first kappa shape index (κ1) is 24.3. The van der Waals surface area contributed by atoms with Crippen molar-refractivity contribution in [2.45, 2.75) is 69.1 Å². The number of urea groups is 1. The number of carbonyl (C=O) groups excluding carboxylic acids is 2. The van der Waals surface area contributed by atoms with Gasteiger partial charge in [0.2, 0.25) is 5.91 Å². The number of aromatic nitrogens is 2. The van der Waals surface area contributed by atoms with Crippen LogP contribution in [-0.4, -0.2) is 46.0 Å². The molecule has 9 heteroatoms. The Kier molecular flexibility index (Phi) is 7.16. The first-order valence-electron chi connectivity index (χ1n) is 12.8. The summed E-state index contributed by atoms with van der Waals surface area (Å²) in [5.41, 5.74) is 0.323. The number of hydrogen-bond donors (Lipinski definition) is 2. The zero-order valence-corrected chi connectivity index (χ0v) is 21.1. The second kappa shape index (κ2) is 10.3. The average Bonchev–Trinajstić information content (AvgIpc) is 2.80. The standard InChI is InChI=1S/C26H34N4O4S/c1-2-34-9-5-8-30-23(32)20-6-3-4-7-21(20)27-25(30)35-16-22(31)28-24(33)29-26-13-17-10-18(14-26)12-19(11-17)15-26/h3-4,6-7,17-19H,2,5,8-16H2,1H3,(H2,28,29,31,33). The van der Waals surface area contributed by atoms with Crippen LogP contribution < -0.4 is 16.2 Å². The highest BCUT2D eigenvalue weighted by Crippen LogP contribution is 2.55. The number of imide groups is 1. The molecule has 1 aromatic carbocycles. The van der Waals surface area contributed by atoms with E-state index >= 15 is 0 Å². The van der Waals surface area contributed by atoms with Gasteiger partial charge in [-0.25, -0.2) is 9.78 Å². The van der Waals surface area contributed by atoms with Gasteiger partial charge in [0.25, 0.3) is 5.56 Å². The van der Waals surface area contributed by atoms with Gasteiger partial charge in [0, 0.05) is 25.3 Å². The number of fused-ring (bicyclic) bond motifs is 1. The molecule has 1 heterocycles. The van der Waals surface area contributed by atoms with Gasteiger partial charge in [-0.3, -0.25) is 19.5 Å². The number of benzene rings is 1. The molecule has 3 amide bonds. The fourth-order valence-electron chi connectivity index (χ4n) is 6.75. The largest absolute Gasteiger partial charge is 0.382 e. The minimum atomic E-state index is -0.405. The van der Waals surface area contributed by atoms with Gasteiger partial charge in [-0.2, -0.15) is 0 Å². The molecule has 0 atom stereocenters. The van der Waals surface area contributed by atoms with Crippen LogP contribution in [0.4, 0.5) is 4.79 Å². The molecule has 0 radical (unpaired) electrons. The lowest BCUT2D eigenvalue weighted by atomic mass is 9.53. The quantitative estimate of drug-likeness (QED) is 0.310. The van der Waals surface area contributed by atoms with Gasteiger partial charge in [0.1, 0.15) is 0 Å². The molecule has 35 heavy (non-hydrogen) atoms. The Bertz CT molecular complexity index is 1130. The summed E-state index contributed by atoms with van der Waals surface area (Å²) in [5, 5.41) is 6.71. The molecule has 0 spiro atoms. The highest BCUT2D eigenvalue weighted by Gasteiger charge is 2.51. The summed E-state index contributed by atoms with van der Waals surface area (Å²) in [5.74, 6) is 1.76. The van der Waals surface area contributed by atoms with Crippen LogP contribution in [-0.2, 0) is 16.1 Å². The normalized spacial score (nSPS) is 26.7. The van der Waals surface area contributed by atoms with Crippen LogP contribution in [0, 0.1) is 17.8 Å². The van der Waals surface area contributed by atoms with Gasteiger partial charge >= 0.3 is 6.03 Å². The van der Waals surface area contributed by atoms with E-state index in [0.717, 1.165) is 19.3 Å². The first-order valence-corrected chi connectivity index (χ1v) is 13.8. The third kappa shape index (κ3) is 5.40. The van der Waals surface area contributed by atoms with Gasteiger partial charge in [-0.15, -0.1) is 0 Å². The fourth-order valence-corrected chi connectivity index (χ4v) is 7.58. The Morgan fingerprint density at radius 1 is 1.14 bits per heavy atom. The number of para-hydroxylation sites is 1. The number of ether oxygens (including phenoxy) is 1. The second-order valence-electron chi connectivity index (χ2n) is 10.4. The lowest BCUT2D eigenvalue weighted by molar-refractivity contribution is -0.117. The molecule has 188 valence electrons. The van der Waals surface area contributed by atoms with Crippen molar-refractivity contribution >= 4 is 34.6 Å². The third-order valence-corrected chi connectivity index (χ3v) is 8.68. The monoisotopic (exact) mass is 498 g/mol. The molecule has 0 unspecified atom stereocenters. The van der Waals surface area contributed by atoms with Crippen molar-refractivity contribution < 1.29 is 14.3 Å². The van der Waals surface area contributed by atoms with Crippen LogP contribution in [0.25, 0.3) is 10.9 Å². The van der Waals surface area contributed by atoms with E-state index in [1.165, 1.54) is 31.0 Å². The topological polar surface area (TPSA) is 102 Å². The van der Waals surface area contributed by atoms with Crippen molar-refractivity contribution in [2.75, 3.05) is 19.0 Å². The molecule has 1 aromatic heterocycles. The minimum Gasteiger partial charge on any atom is -0.382 e. The molecule has 4 fully saturated rings. The van der Waals surface area contributed by atoms with Crippen LogP contribution in [0.1, 0.15) is 51.9 Å². The Labute approximate surface area is 209 Å². The third-order valence-electron chi connectivity index (χ3n) is 7.70. The minimum absolute atomic E-state index is 0.00450. The number of rotatable bonds is 9. The van der Waals surface area contributed by atoms with Gasteiger partial charge in [0.05, 0.1) is 16.7 Å². The molecule has 2 aromatic rings. The van der Waals surface area contributed by atoms with Crippen molar-refractivity contribution in [1.29, 1.82) is 0 Å². The molecule has 4 bridgehead atoms. The smallest absolute Gasteiger partial charge is 0.321 e. The molecule has 4 aliphatic rings. The van der Waals surface area contributed by atoms with E-state index in [2.05, 4.69) is 15.6 Å². The van der Waals surface area contributed by atoms with Crippen molar-refractivity contribution in [3.05, 3.63) is 34.6 Å². The summed E-state index contributed by atoms with van der Waals surface area (Å²) in [6.07, 6.45) is 7.65. The molecule has 2 N–H and O–H groups in total. The average molecular weight is 499 g/mol. The number of thioether (sulfide) groups is 1. The SMILES string of the molecule is CCOCCCn1c(SCC(=O)NC(=O)NC23CC4CC(CC(C4)C2)C3)nc2ccccc2c1=O. The highest BCUT2D eigenvalue weighted by atomic mass is 32.2. The maximum absolute atomic E-state index is 13.1. The Morgan fingerprint density at radius 3 is 2.51 bits per heavy atom. The number of nitrogens with one attached hydrogen (secondary N) is 2. The molecule has 0 aliphatic heterocycles. The van der Waals surface area contributed by atoms with Crippen molar-refractivity contribution in [3.63, 3.8) is 0 Å². The van der Waals surface area contributed by atoms with Crippen molar-refractivity contribution in [2.24, 2.45) is 17.8 Å². The summed E-state index contributed by atoms with van der Waals surface area (Å²) < 4.78 is 7.02. The predicted molar refractivity (Wildman–Crippen MR) is 135 cm³/mol. The molecule has 8 nitrogen and oxygen atoms in total. The second-order valence-corrected chi connectivity index (χ2v) is 11.4. The van der Waals surface area contributed by atoms with E-state index in [0.29, 0.717) is 60.0 Å². The summed E-state index contributed by atoms with van der Waals surface area (Å²) in [6.45, 7) is 3.55. The van der Waals surface area contributed by atoms with Crippen molar-refractivity contribution in [1.82, 2.24) is 20.2 Å². The summed E-state index contributed by atoms with van der Waals surface area (Å²) in [7, 11) is 0. The maximum Gasteiger partial charge on any atom is 0.321 e. The first-order chi connectivity index (χ1) is 16.9. The number of nitrogens with zero attached hydrogens (tertiary/aromatic N) is 2. The van der Waals surface area contributed by atoms with E-state index < -0.39 is 6.03 Å². The summed E-state index contributed by atoms with van der Waals surface area (Å²) >= 11 is 1.18. The van der Waals surface area contributed by atoms with E-state index in [1.807, 2.05) is 19.1 Å². The van der Waals surface area contributed by atoms with Crippen LogP contribution >= 0.6 is 11.8 Å². The van der Waals surface area contributed by atoms with Crippen LogP contribution in [0.15, 0.2) is 34.2 Å². The van der Waals surface area contributed by atoms with Crippen LogP contribution in [0.5, 0.6) is 0 Å². The van der Waals surface area contributed by atoms with E-state index in [-0.39, 0.29) is 22.8 Å². The van der Waals surface area contributed by atoms with Crippen LogP contribution in [0.2, 0.25) is 0 Å². The van der Waals surface area contributed by atoms with Gasteiger partial charge < -0.3 is 10.1 Å². The number of amides is 3. The molecule has 0 saturated heterocycles. The fraction of sp³-hybridized carbons (Fsp3) is 0.615. The summed E-state index contributed by atoms with van der Waals surface area (Å²) in [4.78, 5) is 43.1. The lowest BCUT2D eigenvalue weighted by Crippen LogP contribution is -2.61. The number of carbonyl (C=O) groups is 2. The van der Waals surface area contributed by atoms with Gasteiger partial charge in [-0.05, 0) is 81.8 Å². The molecule has 4 aliphatic carbocycles. The van der Waals surface area contributed by atoms with Crippen molar-refractivity contribution in [3.8, 4) is 0 Å². The Balaban J connectivity index is 1.22. The van der Waals surface area contributed by atoms with E-state index in [4.69, 9.17) is 4.74 Å². The molecular formula is C26H34N4O4S. The predicted octanol–water partition coefficient (Wildman–Crippen LogP) is 3.71. The van der Waals surface area contributed by atoms with E-state index in [9.17, 15) is 14.4 Å². The van der Waals surface area contributed by atoms with Gasteiger partial charge in [0.15, 0.2) is 5.16 Å². The number of hydrogen-bond acceptors (Lipinski definition) is 6. The maximum atomic E-state index is 13.1. The zero-order valence-electron chi connectivity index (χ0n) is 20.3. The Hall–Kier alpha value is -2.39. The lowest BCUT2D eigenvalue weighted by Gasteiger charge is -2.56.